The topological polar surface area (TPSA) is 80.9 Å². The van der Waals surface area contributed by atoms with Crippen molar-refractivity contribution in [3.63, 3.8) is 0 Å². The number of carbonyl (C=O) groups excluding carboxylic acids is 1. The third kappa shape index (κ3) is 1.69. The van der Waals surface area contributed by atoms with Gasteiger partial charge in [0.05, 0.1) is 5.56 Å². The Morgan fingerprint density at radius 2 is 2.50 bits per heavy atom. The van der Waals surface area contributed by atoms with Gasteiger partial charge in [0.1, 0.15) is 12.1 Å². The second kappa shape index (κ2) is 3.66. The molecule has 0 unspecified atom stereocenters. The molecule has 0 saturated carbocycles. The Balaban J connectivity index is 2.87. The Kier molecular flexibility index (Phi) is 2.57. The van der Waals surface area contributed by atoms with Crippen molar-refractivity contribution in [1.29, 1.82) is 0 Å². The predicted octanol–water partition coefficient (Wildman–Crippen LogP) is -0.191. The van der Waals surface area contributed by atoms with Gasteiger partial charge in [-0.2, -0.15) is 0 Å². The number of nitrogens with zero attached hydrogens (tertiary/aromatic N) is 2. The first-order valence-electron chi connectivity index (χ1n) is 3.59. The van der Waals surface area contributed by atoms with Crippen LogP contribution in [0, 0.1) is 0 Å². The van der Waals surface area contributed by atoms with Crippen LogP contribution in [0.25, 0.3) is 0 Å². The van der Waals surface area contributed by atoms with E-state index in [1.165, 1.54) is 12.5 Å². The van der Waals surface area contributed by atoms with Crippen LogP contribution in [0.2, 0.25) is 0 Å². The molecule has 0 fully saturated rings. The van der Waals surface area contributed by atoms with Gasteiger partial charge >= 0.3 is 0 Å². The maximum absolute atomic E-state index is 11.2. The number of amides is 1. The maximum atomic E-state index is 11.2. The summed E-state index contributed by atoms with van der Waals surface area (Å²) in [4.78, 5) is 18.6. The number of hydrogen-bond donors (Lipinski definition) is 2. The average molecular weight is 166 g/mol. The van der Waals surface area contributed by atoms with Gasteiger partial charge in [-0.3, -0.25) is 4.79 Å². The zero-order valence-corrected chi connectivity index (χ0v) is 6.74. The van der Waals surface area contributed by atoms with Crippen molar-refractivity contribution in [3.8, 4) is 0 Å². The molecule has 1 amide bonds. The van der Waals surface area contributed by atoms with E-state index >= 15 is 0 Å². The monoisotopic (exact) mass is 166 g/mol. The van der Waals surface area contributed by atoms with E-state index in [0.29, 0.717) is 12.1 Å². The molecule has 0 aromatic carbocycles. The lowest BCUT2D eigenvalue weighted by Gasteiger charge is -2.02. The van der Waals surface area contributed by atoms with E-state index in [-0.39, 0.29) is 11.7 Å². The minimum Gasteiger partial charge on any atom is -0.383 e. The van der Waals surface area contributed by atoms with Crippen LogP contribution in [0.3, 0.4) is 0 Å². The fraction of sp³-hybridized carbons (Fsp3) is 0.286. The fourth-order valence-electron chi connectivity index (χ4n) is 0.770. The van der Waals surface area contributed by atoms with Crippen LogP contribution in [0.15, 0.2) is 12.5 Å². The molecule has 1 rings (SSSR count). The minimum atomic E-state index is -0.240. The number of aromatic nitrogens is 2. The molecule has 1 heterocycles. The highest BCUT2D eigenvalue weighted by Gasteiger charge is 2.08. The standard InChI is InChI=1S/C7H10N4O/c1-2-10-7(12)5-3-9-4-11-6(5)8/h3-4H,2H2,1H3,(H,10,12)(H2,8,9,11). The number of hydrogen-bond acceptors (Lipinski definition) is 4. The van der Waals surface area contributed by atoms with Crippen LogP contribution in [0.1, 0.15) is 17.3 Å². The van der Waals surface area contributed by atoms with Crippen LogP contribution >= 0.6 is 0 Å². The van der Waals surface area contributed by atoms with Crippen molar-refractivity contribution >= 4 is 11.7 Å². The summed E-state index contributed by atoms with van der Waals surface area (Å²) in [6, 6.07) is 0. The highest BCUT2D eigenvalue weighted by molar-refractivity contribution is 5.97. The van der Waals surface area contributed by atoms with Gasteiger partial charge in [-0.05, 0) is 6.92 Å². The van der Waals surface area contributed by atoms with Crippen LogP contribution in [0.5, 0.6) is 0 Å². The molecule has 0 aliphatic rings. The van der Waals surface area contributed by atoms with Gasteiger partial charge in [-0.15, -0.1) is 0 Å². The van der Waals surface area contributed by atoms with E-state index in [1.807, 2.05) is 6.92 Å². The van der Waals surface area contributed by atoms with Crippen LogP contribution in [-0.4, -0.2) is 22.4 Å². The highest BCUT2D eigenvalue weighted by atomic mass is 16.1. The molecular formula is C7H10N4O. The molecule has 0 aliphatic heterocycles. The lowest BCUT2D eigenvalue weighted by atomic mass is 10.3. The summed E-state index contributed by atoms with van der Waals surface area (Å²) in [5, 5.41) is 2.60. The van der Waals surface area contributed by atoms with E-state index in [1.54, 1.807) is 0 Å². The molecule has 0 spiro atoms. The summed E-state index contributed by atoms with van der Waals surface area (Å²) in [5.74, 6) is -0.0356. The van der Waals surface area contributed by atoms with Gasteiger partial charge in [0, 0.05) is 12.7 Å². The largest absolute Gasteiger partial charge is 0.383 e. The van der Waals surface area contributed by atoms with Crippen molar-refractivity contribution in [1.82, 2.24) is 15.3 Å². The number of nitrogen functional groups attached to an aromatic ring is 1. The molecule has 1 aromatic heterocycles. The maximum Gasteiger partial charge on any atom is 0.256 e. The highest BCUT2D eigenvalue weighted by Crippen LogP contribution is 2.03. The zero-order chi connectivity index (χ0) is 8.97. The summed E-state index contributed by atoms with van der Waals surface area (Å²) in [6.45, 7) is 2.39. The Bertz CT molecular complexity index is 286. The molecule has 5 heteroatoms. The van der Waals surface area contributed by atoms with Gasteiger partial charge in [-0.25, -0.2) is 9.97 Å². The van der Waals surface area contributed by atoms with Gasteiger partial charge in [-0.1, -0.05) is 0 Å². The van der Waals surface area contributed by atoms with Crippen molar-refractivity contribution in [2.45, 2.75) is 6.92 Å². The molecular weight excluding hydrogens is 156 g/mol. The van der Waals surface area contributed by atoms with Crippen molar-refractivity contribution < 1.29 is 4.79 Å². The molecule has 64 valence electrons. The molecule has 5 nitrogen and oxygen atoms in total. The number of nitrogens with two attached hydrogens (primary N) is 1. The third-order valence-corrected chi connectivity index (χ3v) is 1.33. The van der Waals surface area contributed by atoms with E-state index in [4.69, 9.17) is 5.73 Å². The molecule has 3 N–H and O–H groups in total. The summed E-state index contributed by atoms with van der Waals surface area (Å²) < 4.78 is 0. The quantitative estimate of drug-likeness (QED) is 0.638. The Labute approximate surface area is 70.0 Å². The van der Waals surface area contributed by atoms with Gasteiger partial charge < -0.3 is 11.1 Å². The van der Waals surface area contributed by atoms with Crippen molar-refractivity contribution in [2.75, 3.05) is 12.3 Å². The summed E-state index contributed by atoms with van der Waals surface area (Å²) in [7, 11) is 0. The number of nitrogens with one attached hydrogen (secondary N) is 1. The SMILES string of the molecule is CCNC(=O)c1cncnc1N. The Hall–Kier alpha value is -1.65. The van der Waals surface area contributed by atoms with E-state index in [0.717, 1.165) is 0 Å². The first kappa shape index (κ1) is 8.45. The number of carbonyl (C=O) groups is 1. The molecule has 0 bridgehead atoms. The van der Waals surface area contributed by atoms with Gasteiger partial charge in [0.25, 0.3) is 5.91 Å². The molecule has 0 saturated heterocycles. The van der Waals surface area contributed by atoms with E-state index < -0.39 is 0 Å². The second-order valence-corrected chi connectivity index (χ2v) is 2.18. The molecule has 0 atom stereocenters. The second-order valence-electron chi connectivity index (χ2n) is 2.18. The van der Waals surface area contributed by atoms with Gasteiger partial charge in [0.2, 0.25) is 0 Å². The summed E-state index contributed by atoms with van der Waals surface area (Å²) in [5.41, 5.74) is 5.76. The van der Waals surface area contributed by atoms with Crippen LogP contribution in [0.4, 0.5) is 5.82 Å². The lowest BCUT2D eigenvalue weighted by molar-refractivity contribution is 0.0956. The first-order valence-corrected chi connectivity index (χ1v) is 3.59. The molecule has 1 aromatic rings. The van der Waals surface area contributed by atoms with E-state index in [9.17, 15) is 4.79 Å². The molecule has 0 aliphatic carbocycles. The Morgan fingerprint density at radius 3 is 3.08 bits per heavy atom. The molecule has 0 radical (unpaired) electrons. The number of anilines is 1. The minimum absolute atomic E-state index is 0.205. The summed E-state index contributed by atoms with van der Waals surface area (Å²) in [6.07, 6.45) is 2.70. The smallest absolute Gasteiger partial charge is 0.256 e. The van der Waals surface area contributed by atoms with Gasteiger partial charge in [0.15, 0.2) is 0 Å². The zero-order valence-electron chi connectivity index (χ0n) is 6.74. The average Bonchev–Trinajstić information content (AvgIpc) is 2.05. The Morgan fingerprint density at radius 1 is 1.75 bits per heavy atom. The number of rotatable bonds is 2. The van der Waals surface area contributed by atoms with Crippen LogP contribution < -0.4 is 11.1 Å². The molecule has 12 heavy (non-hydrogen) atoms. The lowest BCUT2D eigenvalue weighted by Crippen LogP contribution is -2.24. The normalized spacial score (nSPS) is 9.42. The summed E-state index contributed by atoms with van der Waals surface area (Å²) >= 11 is 0. The van der Waals surface area contributed by atoms with E-state index in [2.05, 4.69) is 15.3 Å². The van der Waals surface area contributed by atoms with Crippen LogP contribution in [-0.2, 0) is 0 Å². The third-order valence-electron chi connectivity index (χ3n) is 1.33. The fourth-order valence-corrected chi connectivity index (χ4v) is 0.770. The first-order chi connectivity index (χ1) is 5.75. The van der Waals surface area contributed by atoms with Crippen molar-refractivity contribution in [3.05, 3.63) is 18.1 Å². The van der Waals surface area contributed by atoms with Crippen molar-refractivity contribution in [2.24, 2.45) is 0 Å². The predicted molar refractivity (Wildman–Crippen MR) is 44.5 cm³/mol.